The lowest BCUT2D eigenvalue weighted by molar-refractivity contribution is -0.173. The van der Waals surface area contributed by atoms with E-state index in [0.717, 1.165) is 0 Å². The van der Waals surface area contributed by atoms with E-state index in [-0.39, 0.29) is 0 Å². The molecular formula is C6H11ClO5. The molecule has 1 fully saturated rings. The second-order valence-corrected chi connectivity index (χ2v) is 3.40. The van der Waals surface area contributed by atoms with Crippen molar-refractivity contribution in [3.63, 3.8) is 0 Å². The summed E-state index contributed by atoms with van der Waals surface area (Å²) in [5.74, 6) is 0. The van der Waals surface area contributed by atoms with Gasteiger partial charge in [-0.25, -0.2) is 0 Å². The van der Waals surface area contributed by atoms with Crippen molar-refractivity contribution in [1.29, 1.82) is 0 Å². The van der Waals surface area contributed by atoms with Crippen LogP contribution in [0.3, 0.4) is 0 Å². The first kappa shape index (κ1) is 10.2. The molecule has 0 spiro atoms. The first-order chi connectivity index (χ1) is 5.46. The normalized spacial score (nSPS) is 55.5. The zero-order valence-corrected chi connectivity index (χ0v) is 6.83. The van der Waals surface area contributed by atoms with E-state index in [1.807, 2.05) is 0 Å². The van der Waals surface area contributed by atoms with Crippen LogP contribution in [0.25, 0.3) is 0 Å². The Bertz CT molecular complexity index is 107. The van der Waals surface area contributed by atoms with Gasteiger partial charge in [0.05, 0.1) is 5.38 Å². The predicted octanol–water partition coefficient (Wildman–Crippen LogP) is -2.59. The van der Waals surface area contributed by atoms with Crippen LogP contribution in [0.2, 0.25) is 0 Å². The maximum atomic E-state index is 9.09. The SMILES string of the molecule is O[C@@H]1[C@@H](O)[C@H](O)[C@@H](Cl)[C@H](O)[C@H]1O. The summed E-state index contributed by atoms with van der Waals surface area (Å²) >= 11 is 5.44. The highest BCUT2D eigenvalue weighted by molar-refractivity contribution is 6.21. The molecule has 6 atom stereocenters. The quantitative estimate of drug-likeness (QED) is 0.275. The molecule has 0 aromatic rings. The summed E-state index contributed by atoms with van der Waals surface area (Å²) < 4.78 is 0. The van der Waals surface area contributed by atoms with Gasteiger partial charge in [-0.3, -0.25) is 0 Å². The highest BCUT2D eigenvalue weighted by Gasteiger charge is 2.47. The third-order valence-corrected chi connectivity index (χ3v) is 2.57. The molecule has 0 heterocycles. The van der Waals surface area contributed by atoms with Gasteiger partial charge in [-0.1, -0.05) is 0 Å². The number of hydrogen-bond donors (Lipinski definition) is 5. The molecule has 1 aliphatic carbocycles. The molecule has 5 N–H and O–H groups in total. The molecule has 0 unspecified atom stereocenters. The van der Waals surface area contributed by atoms with E-state index in [1.165, 1.54) is 0 Å². The summed E-state index contributed by atoms with van der Waals surface area (Å²) in [6, 6.07) is 0. The highest BCUT2D eigenvalue weighted by atomic mass is 35.5. The highest BCUT2D eigenvalue weighted by Crippen LogP contribution is 2.24. The van der Waals surface area contributed by atoms with Crippen LogP contribution >= 0.6 is 11.6 Å². The van der Waals surface area contributed by atoms with Gasteiger partial charge in [0.15, 0.2) is 0 Å². The lowest BCUT2D eigenvalue weighted by Crippen LogP contribution is -2.61. The number of aliphatic hydroxyl groups is 5. The van der Waals surface area contributed by atoms with Crippen molar-refractivity contribution in [1.82, 2.24) is 0 Å². The van der Waals surface area contributed by atoms with Crippen molar-refractivity contribution in [2.75, 3.05) is 0 Å². The van der Waals surface area contributed by atoms with Gasteiger partial charge in [0, 0.05) is 0 Å². The first-order valence-corrected chi connectivity index (χ1v) is 3.95. The molecule has 72 valence electrons. The molecule has 6 heteroatoms. The molecule has 0 aromatic heterocycles. The Morgan fingerprint density at radius 3 is 1.17 bits per heavy atom. The van der Waals surface area contributed by atoms with E-state index in [4.69, 9.17) is 37.1 Å². The monoisotopic (exact) mass is 198 g/mol. The smallest absolute Gasteiger partial charge is 0.111 e. The van der Waals surface area contributed by atoms with E-state index in [0.29, 0.717) is 0 Å². The summed E-state index contributed by atoms with van der Waals surface area (Å²) in [4.78, 5) is 0. The minimum Gasteiger partial charge on any atom is -0.389 e. The van der Waals surface area contributed by atoms with Crippen LogP contribution in [0.5, 0.6) is 0 Å². The second kappa shape index (κ2) is 3.45. The molecule has 1 aliphatic rings. The van der Waals surface area contributed by atoms with E-state index in [2.05, 4.69) is 0 Å². The number of aliphatic hydroxyl groups excluding tert-OH is 5. The molecule has 1 rings (SSSR count). The third-order valence-electron chi connectivity index (χ3n) is 2.05. The topological polar surface area (TPSA) is 101 Å². The van der Waals surface area contributed by atoms with E-state index in [9.17, 15) is 0 Å². The largest absolute Gasteiger partial charge is 0.389 e. The Hall–Kier alpha value is 0.0900. The lowest BCUT2D eigenvalue weighted by atomic mass is 9.87. The summed E-state index contributed by atoms with van der Waals surface area (Å²) in [6.45, 7) is 0. The third kappa shape index (κ3) is 1.44. The number of halogens is 1. The van der Waals surface area contributed by atoms with Crippen molar-refractivity contribution in [3.05, 3.63) is 0 Å². The first-order valence-electron chi connectivity index (χ1n) is 3.51. The van der Waals surface area contributed by atoms with Crippen molar-refractivity contribution < 1.29 is 25.5 Å². The molecule has 0 aromatic carbocycles. The Kier molecular flexibility index (Phi) is 2.92. The van der Waals surface area contributed by atoms with Crippen molar-refractivity contribution in [3.8, 4) is 0 Å². The summed E-state index contributed by atoms with van der Waals surface area (Å²) in [6.07, 6.45) is -7.47. The van der Waals surface area contributed by atoms with E-state index in [1.54, 1.807) is 0 Å². The standard InChI is InChI=1S/C6H11ClO5/c7-1-2(8)4(10)6(12)5(11)3(1)9/h1-6,8-12H/t1-,2-,3+,4+,5-,6-. The average Bonchev–Trinajstić information content (AvgIpc) is 2.08. The van der Waals surface area contributed by atoms with Crippen molar-refractivity contribution in [2.45, 2.75) is 35.9 Å². The van der Waals surface area contributed by atoms with Gasteiger partial charge >= 0.3 is 0 Å². The summed E-state index contributed by atoms with van der Waals surface area (Å²) in [7, 11) is 0. The molecule has 5 nitrogen and oxygen atoms in total. The number of alkyl halides is 1. The fourth-order valence-electron chi connectivity index (χ4n) is 1.18. The van der Waals surface area contributed by atoms with Crippen molar-refractivity contribution >= 4 is 11.6 Å². The Morgan fingerprint density at radius 1 is 0.583 bits per heavy atom. The Morgan fingerprint density at radius 2 is 0.833 bits per heavy atom. The van der Waals surface area contributed by atoms with Crippen LogP contribution in [0.4, 0.5) is 0 Å². The van der Waals surface area contributed by atoms with Gasteiger partial charge in [-0.15, -0.1) is 11.6 Å². The predicted molar refractivity (Wildman–Crippen MR) is 39.7 cm³/mol. The minimum atomic E-state index is -1.56. The Labute approximate surface area is 73.8 Å². The van der Waals surface area contributed by atoms with Gasteiger partial charge in [-0.05, 0) is 0 Å². The van der Waals surface area contributed by atoms with Crippen LogP contribution in [-0.2, 0) is 0 Å². The fourth-order valence-corrected chi connectivity index (χ4v) is 1.48. The number of hydrogen-bond acceptors (Lipinski definition) is 5. The van der Waals surface area contributed by atoms with Crippen LogP contribution < -0.4 is 0 Å². The van der Waals surface area contributed by atoms with Crippen molar-refractivity contribution in [2.24, 2.45) is 0 Å². The molecule has 0 bridgehead atoms. The van der Waals surface area contributed by atoms with Crippen LogP contribution in [0, 0.1) is 0 Å². The lowest BCUT2D eigenvalue weighted by Gasteiger charge is -2.39. The minimum absolute atomic E-state index is 1.17. The molecule has 12 heavy (non-hydrogen) atoms. The maximum absolute atomic E-state index is 9.09. The fraction of sp³-hybridized carbons (Fsp3) is 1.00. The average molecular weight is 199 g/mol. The van der Waals surface area contributed by atoms with Gasteiger partial charge in [0.1, 0.15) is 30.5 Å². The van der Waals surface area contributed by atoms with Crippen LogP contribution in [0.15, 0.2) is 0 Å². The van der Waals surface area contributed by atoms with Gasteiger partial charge < -0.3 is 25.5 Å². The zero-order chi connectivity index (χ0) is 9.46. The van der Waals surface area contributed by atoms with Crippen LogP contribution in [-0.4, -0.2) is 61.4 Å². The van der Waals surface area contributed by atoms with Gasteiger partial charge in [0.2, 0.25) is 0 Å². The summed E-state index contributed by atoms with van der Waals surface area (Å²) in [5, 5.41) is 44.1. The molecule has 0 amide bonds. The molecule has 0 radical (unpaired) electrons. The van der Waals surface area contributed by atoms with Crippen LogP contribution in [0.1, 0.15) is 0 Å². The van der Waals surface area contributed by atoms with Gasteiger partial charge in [0.25, 0.3) is 0 Å². The summed E-state index contributed by atoms with van der Waals surface area (Å²) in [5.41, 5.74) is 0. The molecule has 0 saturated heterocycles. The van der Waals surface area contributed by atoms with E-state index >= 15 is 0 Å². The maximum Gasteiger partial charge on any atom is 0.111 e. The molecular weight excluding hydrogens is 188 g/mol. The molecule has 0 aliphatic heterocycles. The number of rotatable bonds is 0. The van der Waals surface area contributed by atoms with Gasteiger partial charge in [-0.2, -0.15) is 0 Å². The zero-order valence-electron chi connectivity index (χ0n) is 6.08. The second-order valence-electron chi connectivity index (χ2n) is 2.90. The molecule has 1 saturated carbocycles. The van der Waals surface area contributed by atoms with E-state index < -0.39 is 35.9 Å². The Balaban J connectivity index is 2.76.